The number of nitrogens with zero attached hydrogens (tertiary/aromatic N) is 2. The molecular weight excluding hydrogens is 230 g/mol. The van der Waals surface area contributed by atoms with Gasteiger partial charge < -0.3 is 5.32 Å². The Morgan fingerprint density at radius 1 is 1.29 bits per heavy atom. The summed E-state index contributed by atoms with van der Waals surface area (Å²) in [5.74, 6) is 0. The van der Waals surface area contributed by atoms with E-state index in [1.807, 2.05) is 0 Å². The van der Waals surface area contributed by atoms with E-state index in [0.29, 0.717) is 0 Å². The second kappa shape index (κ2) is 8.61. The molecule has 0 spiro atoms. The first-order chi connectivity index (χ1) is 8.30. The summed E-state index contributed by atoms with van der Waals surface area (Å²) in [6.07, 6.45) is 2.49. The monoisotopic (exact) mass is 255 g/mol. The second-order valence-electron chi connectivity index (χ2n) is 4.22. The quantitative estimate of drug-likeness (QED) is 0.688. The van der Waals surface area contributed by atoms with E-state index in [1.54, 1.807) is 11.3 Å². The maximum absolute atomic E-state index is 4.66. The molecule has 4 heteroatoms. The third kappa shape index (κ3) is 5.61. The Kier molecular flexibility index (Phi) is 7.40. The molecule has 0 aromatic carbocycles. The summed E-state index contributed by atoms with van der Waals surface area (Å²) in [6.45, 7) is 11.8. The van der Waals surface area contributed by atoms with Crippen LogP contribution in [0.25, 0.3) is 0 Å². The van der Waals surface area contributed by atoms with Crippen LogP contribution in [0.4, 0.5) is 0 Å². The minimum Gasteiger partial charge on any atom is -0.311 e. The van der Waals surface area contributed by atoms with Gasteiger partial charge in [-0.3, -0.25) is 4.90 Å². The summed E-state index contributed by atoms with van der Waals surface area (Å²) in [5.41, 5.74) is 1.19. The van der Waals surface area contributed by atoms with E-state index >= 15 is 0 Å². The Morgan fingerprint density at radius 3 is 2.71 bits per heavy atom. The summed E-state index contributed by atoms with van der Waals surface area (Å²) in [6, 6.07) is 0. The Bertz CT molecular complexity index is 295. The largest absolute Gasteiger partial charge is 0.311 e. The van der Waals surface area contributed by atoms with Gasteiger partial charge in [-0.05, 0) is 26.1 Å². The molecule has 0 aliphatic carbocycles. The number of rotatable bonds is 9. The summed E-state index contributed by atoms with van der Waals surface area (Å²) in [4.78, 5) is 7.05. The molecule has 0 fully saturated rings. The molecule has 0 amide bonds. The Hall–Kier alpha value is -0.450. The number of aromatic nitrogens is 1. The highest BCUT2D eigenvalue weighted by atomic mass is 32.1. The van der Waals surface area contributed by atoms with Crippen LogP contribution in [0, 0.1) is 0 Å². The average Bonchev–Trinajstić information content (AvgIpc) is 2.79. The maximum atomic E-state index is 4.66. The van der Waals surface area contributed by atoms with Crippen LogP contribution in [-0.2, 0) is 13.1 Å². The highest BCUT2D eigenvalue weighted by Crippen LogP contribution is 2.12. The Labute approximate surface area is 109 Å². The van der Waals surface area contributed by atoms with Crippen LogP contribution < -0.4 is 5.32 Å². The minimum atomic E-state index is 0.911. The van der Waals surface area contributed by atoms with Crippen molar-refractivity contribution < 1.29 is 0 Å². The van der Waals surface area contributed by atoms with Gasteiger partial charge in [0.1, 0.15) is 5.01 Å². The van der Waals surface area contributed by atoms with Crippen molar-refractivity contribution in [1.29, 1.82) is 0 Å². The molecule has 1 heterocycles. The van der Waals surface area contributed by atoms with E-state index in [0.717, 1.165) is 32.7 Å². The van der Waals surface area contributed by atoms with Crippen molar-refractivity contribution in [3.63, 3.8) is 0 Å². The van der Waals surface area contributed by atoms with Gasteiger partial charge in [0, 0.05) is 11.9 Å². The van der Waals surface area contributed by atoms with E-state index in [4.69, 9.17) is 0 Å². The Morgan fingerprint density at radius 2 is 2.06 bits per heavy atom. The lowest BCUT2D eigenvalue weighted by atomic mass is 10.3. The van der Waals surface area contributed by atoms with Gasteiger partial charge in [0.15, 0.2) is 0 Å². The number of hydrogen-bond acceptors (Lipinski definition) is 4. The van der Waals surface area contributed by atoms with Gasteiger partial charge in [-0.2, -0.15) is 0 Å². The molecule has 1 N–H and O–H groups in total. The highest BCUT2D eigenvalue weighted by Gasteiger charge is 2.05. The lowest BCUT2D eigenvalue weighted by molar-refractivity contribution is 0.295. The molecule has 0 unspecified atom stereocenters. The van der Waals surface area contributed by atoms with E-state index in [1.165, 1.54) is 23.5 Å². The van der Waals surface area contributed by atoms with Crippen molar-refractivity contribution in [3.05, 3.63) is 16.1 Å². The normalized spacial score (nSPS) is 11.3. The first-order valence-corrected chi connectivity index (χ1v) is 7.54. The van der Waals surface area contributed by atoms with Crippen LogP contribution in [0.5, 0.6) is 0 Å². The molecular formula is C13H25N3S. The molecule has 3 nitrogen and oxygen atoms in total. The molecule has 0 aliphatic heterocycles. The van der Waals surface area contributed by atoms with Crippen molar-refractivity contribution in [1.82, 2.24) is 15.2 Å². The molecule has 0 radical (unpaired) electrons. The van der Waals surface area contributed by atoms with Crippen molar-refractivity contribution in [2.45, 2.75) is 46.7 Å². The summed E-state index contributed by atoms with van der Waals surface area (Å²) in [5, 5.41) is 6.84. The Balaban J connectivity index is 2.32. The molecule has 0 saturated heterocycles. The van der Waals surface area contributed by atoms with Crippen LogP contribution in [0.1, 0.15) is 44.3 Å². The fourth-order valence-corrected chi connectivity index (χ4v) is 2.49. The minimum absolute atomic E-state index is 0.911. The molecule has 1 rings (SSSR count). The van der Waals surface area contributed by atoms with Gasteiger partial charge >= 0.3 is 0 Å². The smallest absolute Gasteiger partial charge is 0.107 e. The predicted octanol–water partition coefficient (Wildman–Crippen LogP) is 2.87. The van der Waals surface area contributed by atoms with Gasteiger partial charge in [-0.25, -0.2) is 4.98 Å². The average molecular weight is 255 g/mol. The maximum Gasteiger partial charge on any atom is 0.107 e. The lowest BCUT2D eigenvalue weighted by Gasteiger charge is -2.15. The van der Waals surface area contributed by atoms with E-state index in [-0.39, 0.29) is 0 Å². The van der Waals surface area contributed by atoms with Crippen LogP contribution in [0.2, 0.25) is 0 Å². The van der Waals surface area contributed by atoms with Gasteiger partial charge in [0.25, 0.3) is 0 Å². The zero-order valence-corrected chi connectivity index (χ0v) is 12.1. The second-order valence-corrected chi connectivity index (χ2v) is 5.17. The molecule has 0 atom stereocenters. The molecule has 98 valence electrons. The van der Waals surface area contributed by atoms with E-state index < -0.39 is 0 Å². The van der Waals surface area contributed by atoms with Crippen molar-refractivity contribution in [3.8, 4) is 0 Å². The topological polar surface area (TPSA) is 28.2 Å². The first-order valence-electron chi connectivity index (χ1n) is 6.66. The zero-order valence-electron chi connectivity index (χ0n) is 11.3. The third-order valence-electron chi connectivity index (χ3n) is 2.87. The fourth-order valence-electron chi connectivity index (χ4n) is 1.66. The molecule has 0 bridgehead atoms. The van der Waals surface area contributed by atoms with Crippen LogP contribution >= 0.6 is 11.3 Å². The summed E-state index contributed by atoms with van der Waals surface area (Å²) < 4.78 is 0. The van der Waals surface area contributed by atoms with Crippen molar-refractivity contribution >= 4 is 11.3 Å². The molecule has 1 aromatic heterocycles. The van der Waals surface area contributed by atoms with Crippen molar-refractivity contribution in [2.24, 2.45) is 0 Å². The first kappa shape index (κ1) is 14.6. The molecule has 17 heavy (non-hydrogen) atoms. The molecule has 0 aliphatic rings. The standard InChI is InChI=1S/C13H25N3S/c1-4-7-8-14-9-12-11-17-13(15-12)10-16(5-2)6-3/h11,14H,4-10H2,1-3H3. The SMILES string of the molecule is CCCCNCc1csc(CN(CC)CC)n1. The molecule has 1 aromatic rings. The van der Waals surface area contributed by atoms with Crippen molar-refractivity contribution in [2.75, 3.05) is 19.6 Å². The fraction of sp³-hybridized carbons (Fsp3) is 0.769. The van der Waals surface area contributed by atoms with Gasteiger partial charge in [-0.15, -0.1) is 11.3 Å². The van der Waals surface area contributed by atoms with Crippen LogP contribution in [0.15, 0.2) is 5.38 Å². The number of unbranched alkanes of at least 4 members (excludes halogenated alkanes) is 1. The van der Waals surface area contributed by atoms with E-state index in [9.17, 15) is 0 Å². The van der Waals surface area contributed by atoms with Gasteiger partial charge in [-0.1, -0.05) is 27.2 Å². The highest BCUT2D eigenvalue weighted by molar-refractivity contribution is 7.09. The van der Waals surface area contributed by atoms with E-state index in [2.05, 4.69) is 41.4 Å². The zero-order chi connectivity index (χ0) is 12.5. The number of hydrogen-bond donors (Lipinski definition) is 1. The molecule has 0 saturated carbocycles. The number of nitrogens with one attached hydrogen (secondary N) is 1. The van der Waals surface area contributed by atoms with Gasteiger partial charge in [0.05, 0.1) is 12.2 Å². The van der Waals surface area contributed by atoms with Crippen LogP contribution in [0.3, 0.4) is 0 Å². The lowest BCUT2D eigenvalue weighted by Crippen LogP contribution is -2.22. The third-order valence-corrected chi connectivity index (χ3v) is 3.75. The predicted molar refractivity (Wildman–Crippen MR) is 75.4 cm³/mol. The van der Waals surface area contributed by atoms with Gasteiger partial charge in [0.2, 0.25) is 0 Å². The summed E-state index contributed by atoms with van der Waals surface area (Å²) >= 11 is 1.78. The summed E-state index contributed by atoms with van der Waals surface area (Å²) in [7, 11) is 0. The van der Waals surface area contributed by atoms with Crippen LogP contribution in [-0.4, -0.2) is 29.5 Å². The number of thiazole rings is 1.